The molecule has 20 heavy (non-hydrogen) atoms. The third kappa shape index (κ3) is 2.54. The number of pyridine rings is 1. The van der Waals surface area contributed by atoms with Crippen LogP contribution in [0.2, 0.25) is 0 Å². The molecule has 100 valence electrons. The van der Waals surface area contributed by atoms with E-state index in [9.17, 15) is 4.79 Å². The summed E-state index contributed by atoms with van der Waals surface area (Å²) in [5.74, 6) is -0.158. The molecule has 1 N–H and O–H groups in total. The van der Waals surface area contributed by atoms with Crippen LogP contribution in [0.25, 0.3) is 5.69 Å². The topological polar surface area (TPSA) is 85.6 Å². The maximum absolute atomic E-state index is 12.2. The number of hydrogen-bond donors (Lipinski definition) is 1. The second kappa shape index (κ2) is 5.57. The molecule has 3 heterocycles. The molecule has 0 atom stereocenters. The van der Waals surface area contributed by atoms with Crippen molar-refractivity contribution in [2.75, 3.05) is 0 Å². The van der Waals surface area contributed by atoms with Crippen molar-refractivity contribution < 1.29 is 4.79 Å². The number of amides is 1. The van der Waals surface area contributed by atoms with Crippen molar-refractivity contribution in [3.05, 3.63) is 52.7 Å². The molecule has 3 aromatic heterocycles. The van der Waals surface area contributed by atoms with Crippen molar-refractivity contribution in [3.63, 3.8) is 0 Å². The Balaban J connectivity index is 1.74. The predicted molar refractivity (Wildman–Crippen MR) is 72.4 cm³/mol. The molecule has 0 saturated heterocycles. The van der Waals surface area contributed by atoms with Crippen LogP contribution in [0.3, 0.4) is 0 Å². The van der Waals surface area contributed by atoms with Crippen molar-refractivity contribution >= 4 is 17.2 Å². The molecule has 1 amide bonds. The fourth-order valence-corrected chi connectivity index (χ4v) is 2.48. The monoisotopic (exact) mass is 286 g/mol. The molecule has 0 radical (unpaired) electrons. The maximum Gasteiger partial charge on any atom is 0.263 e. The number of carbonyl (C=O) groups is 1. The summed E-state index contributed by atoms with van der Waals surface area (Å²) in [5, 5.41) is 15.6. The second-order valence-corrected chi connectivity index (χ2v) is 4.85. The molecular formula is C12H10N6OS. The van der Waals surface area contributed by atoms with Gasteiger partial charge in [0.2, 0.25) is 0 Å². The first-order valence-corrected chi connectivity index (χ1v) is 6.70. The van der Waals surface area contributed by atoms with Crippen LogP contribution in [-0.4, -0.2) is 31.1 Å². The third-order valence-electron chi connectivity index (χ3n) is 2.62. The molecule has 0 fully saturated rings. The highest BCUT2D eigenvalue weighted by Crippen LogP contribution is 2.19. The Morgan fingerprint density at radius 3 is 3.10 bits per heavy atom. The van der Waals surface area contributed by atoms with Crippen molar-refractivity contribution in [3.8, 4) is 5.69 Å². The van der Waals surface area contributed by atoms with Crippen LogP contribution in [0.5, 0.6) is 0 Å². The Hall–Kier alpha value is -2.61. The van der Waals surface area contributed by atoms with Gasteiger partial charge in [-0.05, 0) is 33.5 Å². The van der Waals surface area contributed by atoms with Gasteiger partial charge in [-0.15, -0.1) is 16.4 Å². The van der Waals surface area contributed by atoms with Crippen molar-refractivity contribution in [2.24, 2.45) is 0 Å². The number of rotatable bonds is 4. The highest BCUT2D eigenvalue weighted by molar-refractivity contribution is 7.12. The van der Waals surface area contributed by atoms with Crippen LogP contribution >= 0.6 is 11.3 Å². The highest BCUT2D eigenvalue weighted by Gasteiger charge is 2.15. The van der Waals surface area contributed by atoms with E-state index in [0.29, 0.717) is 17.1 Å². The normalized spacial score (nSPS) is 10.4. The Labute approximate surface area is 118 Å². The van der Waals surface area contributed by atoms with E-state index in [1.165, 1.54) is 22.3 Å². The second-order valence-electron chi connectivity index (χ2n) is 3.93. The zero-order valence-electron chi connectivity index (χ0n) is 10.3. The van der Waals surface area contributed by atoms with E-state index in [2.05, 4.69) is 25.8 Å². The average molecular weight is 286 g/mol. The summed E-state index contributed by atoms with van der Waals surface area (Å²) in [6.45, 7) is 0.430. The number of nitrogens with one attached hydrogen (secondary N) is 1. The van der Waals surface area contributed by atoms with E-state index in [0.717, 1.165) is 5.56 Å². The zero-order chi connectivity index (χ0) is 13.8. The minimum Gasteiger partial charge on any atom is -0.347 e. The van der Waals surface area contributed by atoms with Gasteiger partial charge in [0, 0.05) is 18.9 Å². The number of tetrazole rings is 1. The van der Waals surface area contributed by atoms with Gasteiger partial charge in [0.15, 0.2) is 0 Å². The summed E-state index contributed by atoms with van der Waals surface area (Å²) in [6.07, 6.45) is 4.87. The molecular weight excluding hydrogens is 276 g/mol. The zero-order valence-corrected chi connectivity index (χ0v) is 11.1. The molecule has 0 aliphatic heterocycles. The minimum absolute atomic E-state index is 0.158. The summed E-state index contributed by atoms with van der Waals surface area (Å²) >= 11 is 1.35. The van der Waals surface area contributed by atoms with Gasteiger partial charge < -0.3 is 5.32 Å². The SMILES string of the molecule is O=C(NCc1cccnc1)c1sccc1-n1cnnn1. The van der Waals surface area contributed by atoms with Gasteiger partial charge >= 0.3 is 0 Å². The molecule has 0 aromatic carbocycles. The van der Waals surface area contributed by atoms with Crippen LogP contribution in [0.15, 0.2) is 42.3 Å². The lowest BCUT2D eigenvalue weighted by Crippen LogP contribution is -2.23. The van der Waals surface area contributed by atoms with Gasteiger partial charge in [-0.2, -0.15) is 4.68 Å². The molecule has 0 aliphatic carbocycles. The first-order chi connectivity index (χ1) is 9.84. The largest absolute Gasteiger partial charge is 0.347 e. The van der Waals surface area contributed by atoms with Crippen LogP contribution in [0, 0.1) is 0 Å². The molecule has 8 heteroatoms. The lowest BCUT2D eigenvalue weighted by atomic mass is 10.3. The predicted octanol–water partition coefficient (Wildman–Crippen LogP) is 1.05. The van der Waals surface area contributed by atoms with E-state index in [4.69, 9.17) is 0 Å². The fraction of sp³-hybridized carbons (Fsp3) is 0.0833. The lowest BCUT2D eigenvalue weighted by Gasteiger charge is -2.05. The van der Waals surface area contributed by atoms with Gasteiger partial charge in [-0.25, -0.2) is 0 Å². The van der Waals surface area contributed by atoms with E-state index in [1.807, 2.05) is 17.5 Å². The Kier molecular flexibility index (Phi) is 3.46. The van der Waals surface area contributed by atoms with Crippen molar-refractivity contribution in [2.45, 2.75) is 6.54 Å². The first kappa shape index (κ1) is 12.4. The number of nitrogens with zero attached hydrogens (tertiary/aromatic N) is 5. The van der Waals surface area contributed by atoms with Crippen LogP contribution < -0.4 is 5.32 Å². The van der Waals surface area contributed by atoms with E-state index in [-0.39, 0.29) is 5.91 Å². The Bertz CT molecular complexity index is 694. The summed E-state index contributed by atoms with van der Waals surface area (Å²) in [7, 11) is 0. The Morgan fingerprint density at radius 2 is 2.35 bits per heavy atom. The van der Waals surface area contributed by atoms with Gasteiger partial charge in [0.1, 0.15) is 11.2 Å². The van der Waals surface area contributed by atoms with Gasteiger partial charge in [-0.1, -0.05) is 6.07 Å². The van der Waals surface area contributed by atoms with Crippen molar-refractivity contribution in [1.29, 1.82) is 0 Å². The van der Waals surface area contributed by atoms with Crippen LogP contribution in [0.1, 0.15) is 15.2 Å². The first-order valence-electron chi connectivity index (χ1n) is 5.82. The van der Waals surface area contributed by atoms with Gasteiger partial charge in [0.05, 0.1) is 5.69 Å². The molecule has 0 aliphatic rings. The van der Waals surface area contributed by atoms with E-state index >= 15 is 0 Å². The summed E-state index contributed by atoms with van der Waals surface area (Å²) in [4.78, 5) is 16.8. The average Bonchev–Trinajstić information content (AvgIpc) is 3.15. The smallest absolute Gasteiger partial charge is 0.263 e. The van der Waals surface area contributed by atoms with E-state index in [1.54, 1.807) is 18.5 Å². The maximum atomic E-state index is 12.2. The van der Waals surface area contributed by atoms with E-state index < -0.39 is 0 Å². The molecule has 0 unspecified atom stereocenters. The van der Waals surface area contributed by atoms with Gasteiger partial charge in [0.25, 0.3) is 5.91 Å². The summed E-state index contributed by atoms with van der Waals surface area (Å²) in [5.41, 5.74) is 1.62. The number of aromatic nitrogens is 5. The molecule has 0 saturated carbocycles. The van der Waals surface area contributed by atoms with Crippen LogP contribution in [-0.2, 0) is 6.54 Å². The Morgan fingerprint density at radius 1 is 1.40 bits per heavy atom. The fourth-order valence-electron chi connectivity index (χ4n) is 1.69. The van der Waals surface area contributed by atoms with Crippen molar-refractivity contribution in [1.82, 2.24) is 30.5 Å². The summed E-state index contributed by atoms with van der Waals surface area (Å²) in [6, 6.07) is 5.54. The standard InChI is InChI=1S/C12H10N6OS/c19-12(14-7-9-2-1-4-13-6-9)11-10(3-5-20-11)18-8-15-16-17-18/h1-6,8H,7H2,(H,14,19). The van der Waals surface area contributed by atoms with Crippen LogP contribution in [0.4, 0.5) is 0 Å². The third-order valence-corrected chi connectivity index (χ3v) is 3.52. The molecule has 0 spiro atoms. The molecule has 7 nitrogen and oxygen atoms in total. The number of carbonyl (C=O) groups excluding carboxylic acids is 1. The highest BCUT2D eigenvalue weighted by atomic mass is 32.1. The minimum atomic E-state index is -0.158. The quantitative estimate of drug-likeness (QED) is 0.774. The molecule has 0 bridgehead atoms. The summed E-state index contributed by atoms with van der Waals surface area (Å²) < 4.78 is 1.47. The molecule has 3 aromatic rings. The lowest BCUT2D eigenvalue weighted by molar-refractivity contribution is 0.0955. The number of hydrogen-bond acceptors (Lipinski definition) is 6. The number of thiophene rings is 1. The van der Waals surface area contributed by atoms with Gasteiger partial charge in [-0.3, -0.25) is 9.78 Å². The molecule has 3 rings (SSSR count).